The molecule has 4 atom stereocenters. The zero-order valence-corrected chi connectivity index (χ0v) is 25.1. The van der Waals surface area contributed by atoms with Crippen LogP contribution in [0.25, 0.3) is 0 Å². The Morgan fingerprint density at radius 2 is 2.05 bits per heavy atom. The smallest absolute Gasteiger partial charge is 0.335 e. The van der Waals surface area contributed by atoms with Crippen LogP contribution in [0.15, 0.2) is 36.8 Å². The lowest BCUT2D eigenvalue weighted by Gasteiger charge is -2.27. The molecule has 0 amide bonds. The number of aryl methyl sites for hydroxylation is 1. The van der Waals surface area contributed by atoms with E-state index < -0.39 is 22.5 Å². The number of nitrogens with one attached hydrogen (secondary N) is 2. The summed E-state index contributed by atoms with van der Waals surface area (Å²) in [6, 6.07) is 8.11. The van der Waals surface area contributed by atoms with Crippen molar-refractivity contribution in [2.24, 2.45) is 0 Å². The van der Waals surface area contributed by atoms with Crippen molar-refractivity contribution in [2.45, 2.75) is 57.1 Å². The van der Waals surface area contributed by atoms with E-state index in [1.54, 1.807) is 0 Å². The van der Waals surface area contributed by atoms with E-state index in [1.807, 2.05) is 27.1 Å². The van der Waals surface area contributed by atoms with Crippen molar-refractivity contribution in [2.75, 3.05) is 33.1 Å². The Labute approximate surface area is 244 Å². The lowest BCUT2D eigenvalue weighted by atomic mass is 9.91. The standard InChI is InChI=1S/C28H35N5O6S2/c1-16-20(27-21-9-17(14-33(3)4)5-6-18(21)7-8-38-27)12-25(40-16)26(35)22-13-30-15-31-28(22)32-19-10-23(34)24(11-19)39-41(36,37)29-2/h5-6,9,12-13,15,19,23-24,27,29,34H,7-8,10-11,14H2,1-4H3,(H,30,31,32)/t19-,23+,24-,27-/m1/s1. The predicted octanol–water partition coefficient (Wildman–Crippen LogP) is 2.59. The minimum Gasteiger partial charge on any atom is -0.390 e. The number of thiophene rings is 1. The summed E-state index contributed by atoms with van der Waals surface area (Å²) in [5.41, 5.74) is 4.86. The van der Waals surface area contributed by atoms with Gasteiger partial charge in [-0.3, -0.25) is 8.98 Å². The van der Waals surface area contributed by atoms with Crippen LogP contribution in [0.1, 0.15) is 61.3 Å². The third kappa shape index (κ3) is 6.67. The molecular formula is C28H35N5O6S2. The molecule has 11 nitrogen and oxygen atoms in total. The van der Waals surface area contributed by atoms with Gasteiger partial charge in [0.15, 0.2) is 0 Å². The van der Waals surface area contributed by atoms with Crippen LogP contribution in [0.5, 0.6) is 0 Å². The van der Waals surface area contributed by atoms with Gasteiger partial charge >= 0.3 is 10.3 Å². The van der Waals surface area contributed by atoms with E-state index in [4.69, 9.17) is 8.92 Å². The van der Waals surface area contributed by atoms with Crippen molar-refractivity contribution in [3.8, 4) is 0 Å². The number of aliphatic hydroxyl groups excluding tert-OH is 1. The first kappa shape index (κ1) is 29.7. The summed E-state index contributed by atoms with van der Waals surface area (Å²) >= 11 is 1.41. The van der Waals surface area contributed by atoms with Gasteiger partial charge in [-0.25, -0.2) is 9.97 Å². The SMILES string of the molecule is CNS(=O)(=O)O[C@@H]1C[C@H](Nc2ncncc2C(=O)c2cc([C@H]3OCCc4ccc(CN(C)C)cc43)c(C)s2)C[C@@H]1O. The molecule has 41 heavy (non-hydrogen) atoms. The van der Waals surface area contributed by atoms with Gasteiger partial charge in [0.25, 0.3) is 0 Å². The second-order valence-electron chi connectivity index (χ2n) is 10.7. The molecule has 13 heteroatoms. The Hall–Kier alpha value is -2.78. The highest BCUT2D eigenvalue weighted by molar-refractivity contribution is 7.84. The first-order chi connectivity index (χ1) is 19.5. The van der Waals surface area contributed by atoms with Crippen molar-refractivity contribution in [1.29, 1.82) is 0 Å². The monoisotopic (exact) mass is 601 g/mol. The van der Waals surface area contributed by atoms with Gasteiger partial charge in [0.2, 0.25) is 5.78 Å². The average Bonchev–Trinajstić information content (AvgIpc) is 3.48. The summed E-state index contributed by atoms with van der Waals surface area (Å²) in [6.45, 7) is 3.43. The molecule has 3 N–H and O–H groups in total. The number of nitrogens with zero attached hydrogens (tertiary/aromatic N) is 3. The highest BCUT2D eigenvalue weighted by atomic mass is 32.2. The molecule has 0 unspecified atom stereocenters. The molecule has 0 radical (unpaired) electrons. The quantitative estimate of drug-likeness (QED) is 0.297. The summed E-state index contributed by atoms with van der Waals surface area (Å²) in [5.74, 6) is 0.0912. The maximum atomic E-state index is 13.7. The first-order valence-electron chi connectivity index (χ1n) is 13.4. The van der Waals surface area contributed by atoms with Gasteiger partial charge in [-0.1, -0.05) is 18.2 Å². The molecule has 0 bridgehead atoms. The first-order valence-corrected chi connectivity index (χ1v) is 15.7. The van der Waals surface area contributed by atoms with E-state index in [-0.39, 0.29) is 30.8 Å². The largest absolute Gasteiger partial charge is 0.390 e. The Morgan fingerprint density at radius 3 is 2.80 bits per heavy atom. The predicted molar refractivity (Wildman–Crippen MR) is 155 cm³/mol. The molecule has 1 aliphatic heterocycles. The van der Waals surface area contributed by atoms with Crippen LogP contribution in [-0.2, 0) is 32.2 Å². The Morgan fingerprint density at radius 1 is 1.24 bits per heavy atom. The van der Waals surface area contributed by atoms with Crippen LogP contribution in [0.4, 0.5) is 5.82 Å². The van der Waals surface area contributed by atoms with Crippen LogP contribution in [-0.4, -0.2) is 80.2 Å². The summed E-state index contributed by atoms with van der Waals surface area (Å²) < 4.78 is 37.0. The fourth-order valence-electron chi connectivity index (χ4n) is 5.43. The summed E-state index contributed by atoms with van der Waals surface area (Å²) in [7, 11) is 1.37. The number of ketones is 1. The molecule has 0 saturated heterocycles. The van der Waals surface area contributed by atoms with E-state index in [1.165, 1.54) is 42.0 Å². The molecule has 1 fully saturated rings. The molecule has 220 valence electrons. The summed E-state index contributed by atoms with van der Waals surface area (Å²) in [4.78, 5) is 25.8. The van der Waals surface area contributed by atoms with Crippen LogP contribution >= 0.6 is 11.3 Å². The number of anilines is 1. The van der Waals surface area contributed by atoms with E-state index in [0.29, 0.717) is 22.9 Å². The maximum absolute atomic E-state index is 13.7. The van der Waals surface area contributed by atoms with Gasteiger partial charge < -0.3 is 20.1 Å². The number of benzene rings is 1. The zero-order chi connectivity index (χ0) is 29.3. The van der Waals surface area contributed by atoms with E-state index >= 15 is 0 Å². The lowest BCUT2D eigenvalue weighted by Crippen LogP contribution is -2.31. The number of aromatic nitrogens is 2. The van der Waals surface area contributed by atoms with Gasteiger partial charge in [-0.15, -0.1) is 11.3 Å². The van der Waals surface area contributed by atoms with E-state index in [0.717, 1.165) is 29.0 Å². The zero-order valence-electron chi connectivity index (χ0n) is 23.5. The molecular weight excluding hydrogens is 566 g/mol. The van der Waals surface area contributed by atoms with Gasteiger partial charge in [0.1, 0.15) is 24.4 Å². The highest BCUT2D eigenvalue weighted by Gasteiger charge is 2.37. The fraction of sp³-hybridized carbons (Fsp3) is 0.464. The second kappa shape index (κ2) is 12.2. The molecule has 1 aromatic carbocycles. The van der Waals surface area contributed by atoms with Gasteiger partial charge in [-0.2, -0.15) is 13.1 Å². The number of carbonyl (C=O) groups is 1. The number of aliphatic hydroxyl groups is 1. The molecule has 2 aliphatic rings. The Bertz CT molecular complexity index is 1530. The minimum absolute atomic E-state index is 0.218. The van der Waals surface area contributed by atoms with Crippen molar-refractivity contribution >= 4 is 33.2 Å². The molecule has 5 rings (SSSR count). The number of hydrogen-bond donors (Lipinski definition) is 3. The number of fused-ring (bicyclic) bond motifs is 1. The highest BCUT2D eigenvalue weighted by Crippen LogP contribution is 2.39. The Balaban J connectivity index is 1.37. The maximum Gasteiger partial charge on any atom is 0.335 e. The molecule has 1 aliphatic carbocycles. The van der Waals surface area contributed by atoms with Crippen LogP contribution < -0.4 is 10.0 Å². The number of rotatable bonds is 10. The molecule has 2 aromatic heterocycles. The Kier molecular flexibility index (Phi) is 8.85. The topological polar surface area (TPSA) is 143 Å². The van der Waals surface area contributed by atoms with Crippen molar-refractivity contribution in [3.63, 3.8) is 0 Å². The van der Waals surface area contributed by atoms with Crippen LogP contribution in [0.3, 0.4) is 0 Å². The average molecular weight is 602 g/mol. The van der Waals surface area contributed by atoms with Gasteiger partial charge in [0.05, 0.1) is 23.2 Å². The van der Waals surface area contributed by atoms with Gasteiger partial charge in [0, 0.05) is 30.7 Å². The minimum atomic E-state index is -3.96. The van der Waals surface area contributed by atoms with E-state index in [9.17, 15) is 18.3 Å². The number of ether oxygens (including phenoxy) is 1. The van der Waals surface area contributed by atoms with Crippen LogP contribution in [0, 0.1) is 6.92 Å². The van der Waals surface area contributed by atoms with E-state index in [2.05, 4.69) is 43.1 Å². The fourth-order valence-corrected chi connectivity index (χ4v) is 7.06. The summed E-state index contributed by atoms with van der Waals surface area (Å²) in [5, 5.41) is 13.6. The normalized spacial score (nSPS) is 22.6. The third-order valence-corrected chi connectivity index (χ3v) is 9.45. The molecule has 0 spiro atoms. The van der Waals surface area contributed by atoms with Crippen molar-refractivity contribution in [3.05, 3.63) is 74.4 Å². The van der Waals surface area contributed by atoms with Crippen LogP contribution in [0.2, 0.25) is 0 Å². The molecule has 3 heterocycles. The molecule has 1 saturated carbocycles. The third-order valence-electron chi connectivity index (χ3n) is 7.38. The van der Waals surface area contributed by atoms with Crippen molar-refractivity contribution in [1.82, 2.24) is 19.6 Å². The summed E-state index contributed by atoms with van der Waals surface area (Å²) in [6.07, 6.45) is 1.95. The molecule has 3 aromatic rings. The number of hydrogen-bond acceptors (Lipinski definition) is 11. The van der Waals surface area contributed by atoms with Gasteiger partial charge in [-0.05, 0) is 68.6 Å². The number of carbonyl (C=O) groups excluding carboxylic acids is 1. The lowest BCUT2D eigenvalue weighted by molar-refractivity contribution is 0.0636. The second-order valence-corrected chi connectivity index (χ2v) is 13.4. The van der Waals surface area contributed by atoms with Crippen molar-refractivity contribution < 1.29 is 27.2 Å².